The zero-order valence-corrected chi connectivity index (χ0v) is 13.3. The second-order valence-corrected chi connectivity index (χ2v) is 5.81. The van der Waals surface area contributed by atoms with Crippen LogP contribution in [0.1, 0.15) is 18.2 Å². The van der Waals surface area contributed by atoms with Crippen molar-refractivity contribution in [2.45, 2.75) is 32.4 Å². The van der Waals surface area contributed by atoms with Crippen molar-refractivity contribution in [1.82, 2.24) is 4.98 Å². The van der Waals surface area contributed by atoms with Gasteiger partial charge < -0.3 is 10.4 Å². The maximum atomic E-state index is 10.3. The summed E-state index contributed by atoms with van der Waals surface area (Å²) < 4.78 is 0.987. The number of hydrogen-bond acceptors (Lipinski definition) is 3. The monoisotopic (exact) mass is 334 g/mol. The second-order valence-electron chi connectivity index (χ2n) is 4.95. The number of halogens is 1. The number of aryl methyl sites for hydroxylation is 1. The molecule has 1 aromatic carbocycles. The van der Waals surface area contributed by atoms with E-state index in [0.717, 1.165) is 21.5 Å². The topological polar surface area (TPSA) is 45.2 Å². The maximum Gasteiger partial charge on any atom is 0.126 e. The molecule has 4 heteroatoms. The Bertz CT molecular complexity index is 560. The van der Waals surface area contributed by atoms with E-state index in [2.05, 4.69) is 26.2 Å². The molecule has 2 rings (SSSR count). The highest BCUT2D eigenvalue weighted by Gasteiger charge is 2.15. The van der Waals surface area contributed by atoms with E-state index in [-0.39, 0.29) is 6.04 Å². The van der Waals surface area contributed by atoms with Gasteiger partial charge in [-0.05, 0) is 47.5 Å². The second kappa shape index (κ2) is 6.86. The van der Waals surface area contributed by atoms with Crippen LogP contribution in [0.3, 0.4) is 0 Å². The van der Waals surface area contributed by atoms with Gasteiger partial charge in [0.05, 0.1) is 17.8 Å². The van der Waals surface area contributed by atoms with E-state index in [1.165, 1.54) is 0 Å². The molecular formula is C16H19BrN2O. The van der Waals surface area contributed by atoms with Crippen LogP contribution in [0, 0.1) is 6.92 Å². The van der Waals surface area contributed by atoms with Gasteiger partial charge in [-0.1, -0.05) is 30.3 Å². The first-order valence-corrected chi connectivity index (χ1v) is 7.47. The van der Waals surface area contributed by atoms with Crippen LogP contribution in [0.15, 0.2) is 46.9 Å². The summed E-state index contributed by atoms with van der Waals surface area (Å²) in [6, 6.07) is 13.8. The van der Waals surface area contributed by atoms with Crippen molar-refractivity contribution in [2.75, 3.05) is 5.32 Å². The van der Waals surface area contributed by atoms with Crippen LogP contribution < -0.4 is 5.32 Å². The van der Waals surface area contributed by atoms with Crippen LogP contribution in [0.2, 0.25) is 0 Å². The zero-order valence-electron chi connectivity index (χ0n) is 11.7. The van der Waals surface area contributed by atoms with E-state index in [1.54, 1.807) is 0 Å². The molecule has 0 saturated carbocycles. The highest BCUT2D eigenvalue weighted by molar-refractivity contribution is 9.10. The van der Waals surface area contributed by atoms with E-state index in [9.17, 15) is 5.11 Å². The van der Waals surface area contributed by atoms with Gasteiger partial charge in [-0.25, -0.2) is 4.98 Å². The summed E-state index contributed by atoms with van der Waals surface area (Å²) in [6.07, 6.45) is 0.174. The average molecular weight is 335 g/mol. The van der Waals surface area contributed by atoms with Gasteiger partial charge in [-0.2, -0.15) is 0 Å². The Labute approximate surface area is 128 Å². The minimum atomic E-state index is -0.455. The molecule has 1 aromatic heterocycles. The largest absolute Gasteiger partial charge is 0.391 e. The average Bonchev–Trinajstić information content (AvgIpc) is 2.44. The zero-order chi connectivity index (χ0) is 14.5. The van der Waals surface area contributed by atoms with Crippen LogP contribution in [0.25, 0.3) is 0 Å². The molecule has 0 spiro atoms. The van der Waals surface area contributed by atoms with Gasteiger partial charge in [0.25, 0.3) is 0 Å². The Morgan fingerprint density at radius 3 is 2.55 bits per heavy atom. The minimum Gasteiger partial charge on any atom is -0.391 e. The summed E-state index contributed by atoms with van der Waals surface area (Å²) in [4.78, 5) is 4.43. The Kier molecular flexibility index (Phi) is 5.15. The number of hydrogen-bond donors (Lipinski definition) is 2. The lowest BCUT2D eigenvalue weighted by Crippen LogP contribution is -2.32. The summed E-state index contributed by atoms with van der Waals surface area (Å²) in [7, 11) is 0. The molecule has 0 aliphatic heterocycles. The first-order valence-electron chi connectivity index (χ1n) is 6.68. The van der Waals surface area contributed by atoms with Crippen LogP contribution in [-0.2, 0) is 6.42 Å². The standard InChI is InChI=1S/C16H19BrN2O/c1-11-14(17)8-9-16(18-11)19-12(2)15(20)10-13-6-4-3-5-7-13/h3-9,12,15,20H,10H2,1-2H3,(H,18,19). The van der Waals surface area contributed by atoms with Crippen molar-refractivity contribution in [3.63, 3.8) is 0 Å². The lowest BCUT2D eigenvalue weighted by atomic mass is 10.0. The van der Waals surface area contributed by atoms with E-state index < -0.39 is 6.10 Å². The minimum absolute atomic E-state index is 0.0664. The smallest absolute Gasteiger partial charge is 0.126 e. The maximum absolute atomic E-state index is 10.3. The highest BCUT2D eigenvalue weighted by Crippen LogP contribution is 2.17. The molecule has 0 radical (unpaired) electrons. The third-order valence-corrected chi connectivity index (χ3v) is 4.10. The molecule has 3 nitrogen and oxygen atoms in total. The number of aliphatic hydroxyl groups is 1. The molecule has 0 aliphatic rings. The summed E-state index contributed by atoms with van der Waals surface area (Å²) in [6.45, 7) is 3.91. The third-order valence-electron chi connectivity index (χ3n) is 3.26. The molecule has 2 unspecified atom stereocenters. The molecule has 0 aliphatic carbocycles. The van der Waals surface area contributed by atoms with E-state index >= 15 is 0 Å². The molecule has 106 valence electrons. The first kappa shape index (κ1) is 15.0. The normalized spacial score (nSPS) is 13.8. The van der Waals surface area contributed by atoms with Crippen molar-refractivity contribution in [3.05, 3.63) is 58.2 Å². The molecule has 1 heterocycles. The van der Waals surface area contributed by atoms with Gasteiger partial charge in [0, 0.05) is 10.9 Å². The van der Waals surface area contributed by atoms with Gasteiger partial charge in [0.1, 0.15) is 5.82 Å². The van der Waals surface area contributed by atoms with Crippen molar-refractivity contribution >= 4 is 21.7 Å². The molecule has 0 amide bonds. The van der Waals surface area contributed by atoms with E-state index in [4.69, 9.17) is 0 Å². The first-order chi connectivity index (χ1) is 9.56. The van der Waals surface area contributed by atoms with Crippen LogP contribution in [-0.4, -0.2) is 22.2 Å². The lowest BCUT2D eigenvalue weighted by Gasteiger charge is -2.21. The Morgan fingerprint density at radius 2 is 1.90 bits per heavy atom. The predicted octanol–water partition coefficient (Wildman–Crippen LogP) is 3.56. The Morgan fingerprint density at radius 1 is 1.20 bits per heavy atom. The fraction of sp³-hybridized carbons (Fsp3) is 0.312. The predicted molar refractivity (Wildman–Crippen MR) is 85.9 cm³/mol. The van der Waals surface area contributed by atoms with Crippen molar-refractivity contribution in [1.29, 1.82) is 0 Å². The number of rotatable bonds is 5. The number of anilines is 1. The molecule has 2 aromatic rings. The Hall–Kier alpha value is -1.39. The van der Waals surface area contributed by atoms with E-state index in [0.29, 0.717) is 6.42 Å². The fourth-order valence-corrected chi connectivity index (χ4v) is 2.21. The number of nitrogens with one attached hydrogen (secondary N) is 1. The third kappa shape index (κ3) is 4.05. The molecule has 20 heavy (non-hydrogen) atoms. The lowest BCUT2D eigenvalue weighted by molar-refractivity contribution is 0.158. The highest BCUT2D eigenvalue weighted by atomic mass is 79.9. The molecule has 0 fully saturated rings. The molecule has 0 saturated heterocycles. The number of benzene rings is 1. The molecule has 0 bridgehead atoms. The van der Waals surface area contributed by atoms with Gasteiger partial charge >= 0.3 is 0 Å². The van der Waals surface area contributed by atoms with Gasteiger partial charge in [0.15, 0.2) is 0 Å². The summed E-state index contributed by atoms with van der Waals surface area (Å²) in [5.74, 6) is 0.783. The van der Waals surface area contributed by atoms with Crippen LogP contribution in [0.4, 0.5) is 5.82 Å². The summed E-state index contributed by atoms with van der Waals surface area (Å²) in [5.41, 5.74) is 2.06. The number of aliphatic hydroxyl groups excluding tert-OH is 1. The number of nitrogens with zero attached hydrogens (tertiary/aromatic N) is 1. The number of aromatic nitrogens is 1. The fourth-order valence-electron chi connectivity index (χ4n) is 1.99. The number of pyridine rings is 1. The summed E-state index contributed by atoms with van der Waals surface area (Å²) >= 11 is 3.43. The quantitative estimate of drug-likeness (QED) is 0.878. The van der Waals surface area contributed by atoms with Crippen LogP contribution >= 0.6 is 15.9 Å². The molecular weight excluding hydrogens is 316 g/mol. The van der Waals surface area contributed by atoms with Crippen molar-refractivity contribution in [2.24, 2.45) is 0 Å². The molecule has 2 N–H and O–H groups in total. The van der Waals surface area contributed by atoms with Crippen LogP contribution in [0.5, 0.6) is 0 Å². The SMILES string of the molecule is Cc1nc(NC(C)C(O)Cc2ccccc2)ccc1Br. The van der Waals surface area contributed by atoms with Gasteiger partial charge in [-0.15, -0.1) is 0 Å². The van der Waals surface area contributed by atoms with E-state index in [1.807, 2.05) is 56.3 Å². The van der Waals surface area contributed by atoms with Gasteiger partial charge in [-0.3, -0.25) is 0 Å². The van der Waals surface area contributed by atoms with Crippen molar-refractivity contribution < 1.29 is 5.11 Å². The Balaban J connectivity index is 1.96. The van der Waals surface area contributed by atoms with Gasteiger partial charge in [0.2, 0.25) is 0 Å². The molecule has 2 atom stereocenters. The van der Waals surface area contributed by atoms with Crippen molar-refractivity contribution in [3.8, 4) is 0 Å². The summed E-state index contributed by atoms with van der Waals surface area (Å²) in [5, 5.41) is 13.5.